The van der Waals surface area contributed by atoms with Crippen LogP contribution in [0.3, 0.4) is 0 Å². The molecule has 1 heterocycles. The molecule has 0 aliphatic carbocycles. The first-order valence-corrected chi connectivity index (χ1v) is 10.4. The lowest BCUT2D eigenvalue weighted by Crippen LogP contribution is -2.30. The normalized spacial score (nSPS) is 14.5. The van der Waals surface area contributed by atoms with Gasteiger partial charge in [0, 0.05) is 17.8 Å². The highest BCUT2D eigenvalue weighted by atomic mass is 16.1. The second kappa shape index (κ2) is 11.1. The van der Waals surface area contributed by atoms with Crippen LogP contribution in [0.5, 0.6) is 0 Å². The first kappa shape index (κ1) is 21.4. The molecular weight excluding hydrogens is 332 g/mol. The van der Waals surface area contributed by atoms with Crippen LogP contribution in [0.15, 0.2) is 37.4 Å². The Bertz CT molecular complexity index is 635. The van der Waals surface area contributed by atoms with E-state index < -0.39 is 0 Å². The number of unbranched alkanes of at least 4 members (excludes halogenated alkanes) is 4. The summed E-state index contributed by atoms with van der Waals surface area (Å²) in [4.78, 5) is 15.9. The van der Waals surface area contributed by atoms with Crippen LogP contribution in [-0.4, -0.2) is 42.8 Å². The van der Waals surface area contributed by atoms with Gasteiger partial charge in [0.1, 0.15) is 6.29 Å². The molecule has 1 aromatic rings. The topological polar surface area (TPSA) is 23.6 Å². The van der Waals surface area contributed by atoms with Gasteiger partial charge in [-0.25, -0.2) is 0 Å². The van der Waals surface area contributed by atoms with E-state index >= 15 is 0 Å². The minimum atomic E-state index is -0.103. The molecule has 0 radical (unpaired) electrons. The standard InChI is InChI=1S/C24H36N2O/c1-5-6-13-23(19-27)26-18-22-17-21(14-15-24(22)20(26)2)12-10-8-7-9-11-16-25(3)4/h5,14-15,17,19,23H,1-2,6-13,16,18H2,3-4H3. The molecule has 27 heavy (non-hydrogen) atoms. The van der Waals surface area contributed by atoms with Crippen LogP contribution < -0.4 is 0 Å². The van der Waals surface area contributed by atoms with E-state index in [1.807, 2.05) is 6.08 Å². The average Bonchev–Trinajstić information content (AvgIpc) is 2.97. The second-order valence-electron chi connectivity index (χ2n) is 7.96. The van der Waals surface area contributed by atoms with Crippen molar-refractivity contribution in [1.82, 2.24) is 9.80 Å². The van der Waals surface area contributed by atoms with E-state index in [2.05, 4.69) is 55.3 Å². The zero-order chi connectivity index (χ0) is 19.6. The van der Waals surface area contributed by atoms with E-state index in [1.54, 1.807) is 0 Å². The quantitative estimate of drug-likeness (QED) is 0.276. The molecule has 3 nitrogen and oxygen atoms in total. The molecule has 1 atom stereocenters. The maximum atomic E-state index is 11.5. The average molecular weight is 369 g/mol. The maximum Gasteiger partial charge on any atom is 0.142 e. The lowest BCUT2D eigenvalue weighted by Gasteiger charge is -2.25. The monoisotopic (exact) mass is 368 g/mol. The van der Waals surface area contributed by atoms with E-state index in [9.17, 15) is 4.79 Å². The summed E-state index contributed by atoms with van der Waals surface area (Å²) in [5.41, 5.74) is 4.91. The number of benzene rings is 1. The minimum Gasteiger partial charge on any atom is -0.357 e. The number of hydrogen-bond acceptors (Lipinski definition) is 3. The molecule has 0 spiro atoms. The molecule has 0 aromatic heterocycles. The molecule has 2 rings (SSSR count). The number of hydrogen-bond donors (Lipinski definition) is 0. The number of allylic oxidation sites excluding steroid dienone is 1. The van der Waals surface area contributed by atoms with Gasteiger partial charge >= 0.3 is 0 Å². The van der Waals surface area contributed by atoms with Crippen LogP contribution in [0.1, 0.15) is 61.6 Å². The Labute approximate surface area is 165 Å². The van der Waals surface area contributed by atoms with Crippen LogP contribution in [-0.2, 0) is 17.8 Å². The van der Waals surface area contributed by atoms with Crippen molar-refractivity contribution >= 4 is 12.0 Å². The van der Waals surface area contributed by atoms with Gasteiger partial charge in [0.2, 0.25) is 0 Å². The third-order valence-corrected chi connectivity index (χ3v) is 5.46. The van der Waals surface area contributed by atoms with E-state index in [4.69, 9.17) is 0 Å². The number of carbonyl (C=O) groups excluding carboxylic acids is 1. The van der Waals surface area contributed by atoms with Gasteiger partial charge in [0.05, 0.1) is 6.04 Å². The van der Waals surface area contributed by atoms with Crippen molar-refractivity contribution < 1.29 is 4.79 Å². The molecule has 0 saturated carbocycles. The summed E-state index contributed by atoms with van der Waals surface area (Å²) in [6.45, 7) is 9.99. The predicted molar refractivity (Wildman–Crippen MR) is 116 cm³/mol. The van der Waals surface area contributed by atoms with Crippen LogP contribution in [0.25, 0.3) is 5.70 Å². The number of nitrogens with zero attached hydrogens (tertiary/aromatic N) is 2. The fraction of sp³-hybridized carbons (Fsp3) is 0.542. The van der Waals surface area contributed by atoms with Crippen LogP contribution in [0.4, 0.5) is 0 Å². The highest BCUT2D eigenvalue weighted by Gasteiger charge is 2.27. The van der Waals surface area contributed by atoms with Gasteiger partial charge in [-0.05, 0) is 63.9 Å². The number of carbonyl (C=O) groups is 1. The maximum absolute atomic E-state index is 11.5. The summed E-state index contributed by atoms with van der Waals surface area (Å²) >= 11 is 0. The first-order chi connectivity index (χ1) is 13.1. The zero-order valence-electron chi connectivity index (χ0n) is 17.3. The Kier molecular flexibility index (Phi) is 8.80. The van der Waals surface area contributed by atoms with Crippen molar-refractivity contribution in [3.63, 3.8) is 0 Å². The summed E-state index contributed by atoms with van der Waals surface area (Å²) in [6.07, 6.45) is 12.2. The van der Waals surface area contributed by atoms with Gasteiger partial charge in [0.15, 0.2) is 0 Å². The molecule has 148 valence electrons. The van der Waals surface area contributed by atoms with E-state index in [1.165, 1.54) is 55.3 Å². The third-order valence-electron chi connectivity index (χ3n) is 5.46. The zero-order valence-corrected chi connectivity index (χ0v) is 17.3. The Morgan fingerprint density at radius 2 is 1.93 bits per heavy atom. The molecular formula is C24H36N2O. The van der Waals surface area contributed by atoms with Gasteiger partial charge in [0.25, 0.3) is 0 Å². The van der Waals surface area contributed by atoms with E-state index in [0.717, 1.165) is 37.8 Å². The van der Waals surface area contributed by atoms with Gasteiger partial charge in [-0.2, -0.15) is 0 Å². The fourth-order valence-electron chi connectivity index (χ4n) is 3.84. The van der Waals surface area contributed by atoms with Crippen molar-refractivity contribution in [2.75, 3.05) is 20.6 Å². The highest BCUT2D eigenvalue weighted by Crippen LogP contribution is 2.34. The number of aldehydes is 1. The van der Waals surface area contributed by atoms with Crippen LogP contribution in [0.2, 0.25) is 0 Å². The number of fused-ring (bicyclic) bond motifs is 1. The summed E-state index contributed by atoms with van der Waals surface area (Å²) in [7, 11) is 4.28. The van der Waals surface area contributed by atoms with Crippen molar-refractivity contribution in [2.45, 2.75) is 64.0 Å². The van der Waals surface area contributed by atoms with Gasteiger partial charge < -0.3 is 14.6 Å². The number of aryl methyl sites for hydroxylation is 1. The van der Waals surface area contributed by atoms with Gasteiger partial charge in [-0.15, -0.1) is 6.58 Å². The highest BCUT2D eigenvalue weighted by molar-refractivity contribution is 5.73. The van der Waals surface area contributed by atoms with Crippen molar-refractivity contribution in [3.8, 4) is 0 Å². The Balaban J connectivity index is 1.82. The molecule has 1 unspecified atom stereocenters. The molecule has 0 N–H and O–H groups in total. The molecule has 3 heteroatoms. The largest absolute Gasteiger partial charge is 0.357 e. The van der Waals surface area contributed by atoms with Crippen LogP contribution >= 0.6 is 0 Å². The Morgan fingerprint density at radius 1 is 1.19 bits per heavy atom. The molecule has 0 amide bonds. The summed E-state index contributed by atoms with van der Waals surface area (Å²) in [5.74, 6) is 0. The fourth-order valence-corrected chi connectivity index (χ4v) is 3.84. The van der Waals surface area contributed by atoms with Gasteiger partial charge in [-0.3, -0.25) is 0 Å². The molecule has 0 bridgehead atoms. The van der Waals surface area contributed by atoms with Crippen molar-refractivity contribution in [1.29, 1.82) is 0 Å². The van der Waals surface area contributed by atoms with E-state index in [-0.39, 0.29) is 6.04 Å². The molecule has 1 aliphatic rings. The lowest BCUT2D eigenvalue weighted by molar-refractivity contribution is -0.111. The summed E-state index contributed by atoms with van der Waals surface area (Å²) in [5, 5.41) is 0. The summed E-state index contributed by atoms with van der Waals surface area (Å²) in [6, 6.07) is 6.65. The van der Waals surface area contributed by atoms with Crippen molar-refractivity contribution in [3.05, 3.63) is 54.1 Å². The molecule has 0 saturated heterocycles. The summed E-state index contributed by atoms with van der Waals surface area (Å²) < 4.78 is 0. The van der Waals surface area contributed by atoms with E-state index in [0.29, 0.717) is 0 Å². The Hall–Kier alpha value is -1.87. The predicted octanol–water partition coefficient (Wildman–Crippen LogP) is 5.06. The van der Waals surface area contributed by atoms with Crippen molar-refractivity contribution in [2.24, 2.45) is 0 Å². The Morgan fingerprint density at radius 3 is 2.63 bits per heavy atom. The van der Waals surface area contributed by atoms with Gasteiger partial charge in [-0.1, -0.05) is 50.1 Å². The molecule has 1 aliphatic heterocycles. The minimum absolute atomic E-state index is 0.103. The molecule has 1 aromatic carbocycles. The molecule has 0 fully saturated rings. The first-order valence-electron chi connectivity index (χ1n) is 10.4. The van der Waals surface area contributed by atoms with Crippen LogP contribution in [0, 0.1) is 0 Å². The third kappa shape index (κ3) is 6.35. The SMILES string of the molecule is C=CCCC(C=O)N1Cc2cc(CCCCCCCN(C)C)ccc2C1=C. The number of rotatable bonds is 13. The lowest BCUT2D eigenvalue weighted by atomic mass is 10.0. The smallest absolute Gasteiger partial charge is 0.142 e. The second-order valence-corrected chi connectivity index (χ2v) is 7.96.